The van der Waals surface area contributed by atoms with Crippen molar-refractivity contribution in [3.8, 4) is 11.5 Å². The molecule has 5 rings (SSSR count). The number of carboxylic acid groups (broad SMARTS) is 1. The summed E-state index contributed by atoms with van der Waals surface area (Å²) in [5.41, 5.74) is 0.699. The minimum Gasteiger partial charge on any atom is -0.493 e. The lowest BCUT2D eigenvalue weighted by Crippen LogP contribution is -2.77. The van der Waals surface area contributed by atoms with Crippen LogP contribution in [-0.4, -0.2) is 54.4 Å². The molecule has 0 radical (unpaired) electrons. The van der Waals surface area contributed by atoms with Gasteiger partial charge in [-0.1, -0.05) is 19.8 Å². The number of carbonyl (C=O) groups excluding carboxylic acids is 1. The Morgan fingerprint density at radius 3 is 3.00 bits per heavy atom. The van der Waals surface area contributed by atoms with E-state index >= 15 is 0 Å². The summed E-state index contributed by atoms with van der Waals surface area (Å²) in [4.78, 5) is 24.4. The van der Waals surface area contributed by atoms with Gasteiger partial charge >= 0.3 is 5.97 Å². The van der Waals surface area contributed by atoms with Gasteiger partial charge in [0.25, 0.3) is 0 Å². The van der Waals surface area contributed by atoms with Crippen LogP contribution < -0.4 is 14.8 Å². The molecule has 1 saturated carbocycles. The topological polar surface area (TPSA) is 94.1 Å². The molecule has 4 aliphatic rings. The SMILES string of the molecule is CCCCCOc1ccc2c3c1C[C@H]1NCC[C@@]34[C@@H](O2)C(=O)CCC14OCC(=O)O. The van der Waals surface area contributed by atoms with Gasteiger partial charge < -0.3 is 24.6 Å². The van der Waals surface area contributed by atoms with E-state index < -0.39 is 23.1 Å². The van der Waals surface area contributed by atoms with Crippen molar-refractivity contribution in [3.63, 3.8) is 0 Å². The quantitative estimate of drug-likeness (QED) is 0.630. The second-order valence-electron chi connectivity index (χ2n) is 8.94. The largest absolute Gasteiger partial charge is 0.493 e. The minimum atomic E-state index is -0.995. The molecule has 1 saturated heterocycles. The molecule has 2 aliphatic carbocycles. The number of carboxylic acids is 1. The van der Waals surface area contributed by atoms with Crippen molar-refractivity contribution in [1.29, 1.82) is 0 Å². The number of Topliss-reactive ketones (excluding diaryl/α,β-unsaturated/α-hetero) is 1. The maximum Gasteiger partial charge on any atom is 0.329 e. The molecule has 0 amide bonds. The number of ketones is 1. The molecule has 30 heavy (non-hydrogen) atoms. The molecule has 4 atom stereocenters. The summed E-state index contributed by atoms with van der Waals surface area (Å²) in [7, 11) is 0. The highest BCUT2D eigenvalue weighted by Gasteiger charge is 2.73. The van der Waals surface area contributed by atoms with Crippen LogP contribution >= 0.6 is 0 Å². The van der Waals surface area contributed by atoms with Crippen molar-refractivity contribution >= 4 is 11.8 Å². The van der Waals surface area contributed by atoms with E-state index in [9.17, 15) is 14.7 Å². The van der Waals surface area contributed by atoms with E-state index in [1.54, 1.807) is 0 Å². The standard InChI is InChI=1S/C23H29NO6/c1-2-3-4-11-28-16-5-6-17-20-14(16)12-18-23(29-13-19(26)27)8-7-15(25)21(30-17)22(20,23)9-10-24-18/h5-6,18,21,24H,2-4,7-13H2,1H3,(H,26,27)/t18-,21+,22+,23?/m1/s1. The average Bonchev–Trinajstić information content (AvgIpc) is 3.06. The fourth-order valence-corrected chi connectivity index (χ4v) is 6.36. The Balaban J connectivity index is 1.62. The van der Waals surface area contributed by atoms with Crippen LogP contribution in [0.5, 0.6) is 11.5 Å². The molecule has 2 aliphatic heterocycles. The molecule has 2 bridgehead atoms. The van der Waals surface area contributed by atoms with Gasteiger partial charge in [-0.2, -0.15) is 0 Å². The molecular weight excluding hydrogens is 386 g/mol. The highest BCUT2D eigenvalue weighted by atomic mass is 16.5. The van der Waals surface area contributed by atoms with E-state index in [2.05, 4.69) is 12.2 Å². The van der Waals surface area contributed by atoms with Gasteiger partial charge in [0, 0.05) is 23.6 Å². The minimum absolute atomic E-state index is 0.0800. The lowest BCUT2D eigenvalue weighted by Gasteiger charge is -2.61. The highest BCUT2D eigenvalue weighted by Crippen LogP contribution is 2.64. The summed E-state index contributed by atoms with van der Waals surface area (Å²) >= 11 is 0. The Kier molecular flexibility index (Phi) is 4.78. The lowest BCUT2D eigenvalue weighted by molar-refractivity contribution is -0.195. The molecule has 0 aromatic heterocycles. The van der Waals surface area contributed by atoms with Crippen LogP contribution in [0.25, 0.3) is 0 Å². The number of hydrogen-bond acceptors (Lipinski definition) is 6. The van der Waals surface area contributed by atoms with Crippen LogP contribution in [-0.2, 0) is 26.2 Å². The third-order valence-corrected chi connectivity index (χ3v) is 7.50. The summed E-state index contributed by atoms with van der Waals surface area (Å²) in [5.74, 6) is 0.673. The Morgan fingerprint density at radius 2 is 2.20 bits per heavy atom. The second-order valence-corrected chi connectivity index (χ2v) is 8.94. The first-order valence-corrected chi connectivity index (χ1v) is 11.1. The Labute approximate surface area is 176 Å². The van der Waals surface area contributed by atoms with Gasteiger partial charge in [-0.05, 0) is 44.4 Å². The van der Waals surface area contributed by atoms with Crippen LogP contribution in [0.1, 0.15) is 56.6 Å². The van der Waals surface area contributed by atoms with Crippen LogP contribution in [0.15, 0.2) is 12.1 Å². The molecule has 2 heterocycles. The Morgan fingerprint density at radius 1 is 1.33 bits per heavy atom. The number of aliphatic carboxylic acids is 1. The van der Waals surface area contributed by atoms with Crippen LogP contribution in [0, 0.1) is 0 Å². The van der Waals surface area contributed by atoms with Gasteiger partial charge in [-0.15, -0.1) is 0 Å². The summed E-state index contributed by atoms with van der Waals surface area (Å²) in [5, 5.41) is 12.9. The summed E-state index contributed by atoms with van der Waals surface area (Å²) in [6.07, 6.45) is 4.86. The third kappa shape index (κ3) is 2.57. The van der Waals surface area contributed by atoms with Crippen molar-refractivity contribution in [1.82, 2.24) is 5.32 Å². The predicted molar refractivity (Wildman–Crippen MR) is 108 cm³/mol. The lowest BCUT2D eigenvalue weighted by atomic mass is 9.49. The average molecular weight is 415 g/mol. The van der Waals surface area contributed by atoms with Crippen LogP contribution in [0.3, 0.4) is 0 Å². The molecule has 7 nitrogen and oxygen atoms in total. The maximum absolute atomic E-state index is 13.0. The number of ether oxygens (including phenoxy) is 3. The number of benzene rings is 1. The van der Waals surface area contributed by atoms with E-state index in [1.165, 1.54) is 0 Å². The summed E-state index contributed by atoms with van der Waals surface area (Å²) < 4.78 is 18.7. The number of piperidine rings is 1. The van der Waals surface area contributed by atoms with Crippen molar-refractivity contribution in [3.05, 3.63) is 23.3 Å². The maximum atomic E-state index is 13.0. The molecule has 1 aromatic carbocycles. The van der Waals surface area contributed by atoms with Gasteiger partial charge in [0.15, 0.2) is 11.9 Å². The Hall–Kier alpha value is -2.12. The molecule has 1 aromatic rings. The smallest absolute Gasteiger partial charge is 0.329 e. The second kappa shape index (κ2) is 7.24. The number of hydrogen-bond donors (Lipinski definition) is 2. The molecule has 1 unspecified atom stereocenters. The van der Waals surface area contributed by atoms with E-state index in [0.29, 0.717) is 32.3 Å². The fourth-order valence-electron chi connectivity index (χ4n) is 6.36. The molecule has 2 fully saturated rings. The zero-order chi connectivity index (χ0) is 20.9. The van der Waals surface area contributed by atoms with E-state index in [0.717, 1.165) is 48.4 Å². The van der Waals surface area contributed by atoms with Crippen LogP contribution in [0.4, 0.5) is 0 Å². The van der Waals surface area contributed by atoms with Crippen LogP contribution in [0.2, 0.25) is 0 Å². The first-order valence-electron chi connectivity index (χ1n) is 11.1. The van der Waals surface area contributed by atoms with Gasteiger partial charge in [0.05, 0.1) is 17.6 Å². The number of rotatable bonds is 8. The van der Waals surface area contributed by atoms with Crippen molar-refractivity contribution < 1.29 is 28.9 Å². The summed E-state index contributed by atoms with van der Waals surface area (Å²) in [6, 6.07) is 3.79. The van der Waals surface area contributed by atoms with Gasteiger partial charge in [0.2, 0.25) is 0 Å². The normalized spacial score (nSPS) is 33.0. The third-order valence-electron chi connectivity index (χ3n) is 7.50. The number of carbonyl (C=O) groups is 2. The van der Waals surface area contributed by atoms with Gasteiger partial charge in [-0.25, -0.2) is 4.79 Å². The van der Waals surface area contributed by atoms with Gasteiger partial charge in [0.1, 0.15) is 18.1 Å². The highest BCUT2D eigenvalue weighted by molar-refractivity contribution is 5.90. The number of unbranched alkanes of at least 4 members (excludes halogenated alkanes) is 2. The zero-order valence-electron chi connectivity index (χ0n) is 17.4. The predicted octanol–water partition coefficient (Wildman–Crippen LogP) is 2.38. The first-order chi connectivity index (χ1) is 14.5. The van der Waals surface area contributed by atoms with E-state index in [-0.39, 0.29) is 18.4 Å². The zero-order valence-corrected chi connectivity index (χ0v) is 17.4. The molecule has 7 heteroatoms. The monoisotopic (exact) mass is 415 g/mol. The summed E-state index contributed by atoms with van der Waals surface area (Å²) in [6.45, 7) is 3.20. The molecule has 2 N–H and O–H groups in total. The van der Waals surface area contributed by atoms with E-state index in [1.807, 2.05) is 12.1 Å². The van der Waals surface area contributed by atoms with Gasteiger partial charge in [-0.3, -0.25) is 4.79 Å². The van der Waals surface area contributed by atoms with E-state index in [4.69, 9.17) is 14.2 Å². The molecular formula is C23H29NO6. The fraction of sp³-hybridized carbons (Fsp3) is 0.652. The molecule has 162 valence electrons. The first kappa shape index (κ1) is 19.8. The van der Waals surface area contributed by atoms with Crippen molar-refractivity contribution in [2.45, 2.75) is 75.0 Å². The Bertz CT molecular complexity index is 885. The van der Waals surface area contributed by atoms with Crippen molar-refractivity contribution in [2.75, 3.05) is 19.8 Å². The number of nitrogens with one attached hydrogen (secondary N) is 1. The van der Waals surface area contributed by atoms with Crippen molar-refractivity contribution in [2.24, 2.45) is 0 Å². The molecule has 1 spiro atoms.